The molecule has 1 fully saturated rings. The molecule has 0 aromatic heterocycles. The Labute approximate surface area is 101 Å². The first-order valence-electron chi connectivity index (χ1n) is 5.78. The molecule has 1 aromatic rings. The van der Waals surface area contributed by atoms with Crippen molar-refractivity contribution in [1.29, 1.82) is 0 Å². The summed E-state index contributed by atoms with van der Waals surface area (Å²) in [5.41, 5.74) is 8.31. The molecular formula is C13H17NO3. The monoisotopic (exact) mass is 235 g/mol. The number of hydrogen-bond acceptors (Lipinski definition) is 4. The second-order valence-electron chi connectivity index (χ2n) is 4.22. The number of methoxy groups -OCH3 is 1. The molecule has 4 nitrogen and oxygen atoms in total. The summed E-state index contributed by atoms with van der Waals surface area (Å²) in [7, 11) is 1.38. The van der Waals surface area contributed by atoms with Crippen molar-refractivity contribution in [3.63, 3.8) is 0 Å². The van der Waals surface area contributed by atoms with Crippen LogP contribution in [0.5, 0.6) is 0 Å². The zero-order chi connectivity index (χ0) is 12.3. The number of carbonyl (C=O) groups excluding carboxylic acids is 1. The Hall–Kier alpha value is -1.55. The van der Waals surface area contributed by atoms with E-state index >= 15 is 0 Å². The van der Waals surface area contributed by atoms with Crippen molar-refractivity contribution >= 4 is 11.7 Å². The SMILES string of the molecule is COC(=O)c1ccc(N)c(C2CCOCC2)c1. The van der Waals surface area contributed by atoms with Gasteiger partial charge in [-0.3, -0.25) is 0 Å². The Kier molecular flexibility index (Phi) is 3.64. The highest BCUT2D eigenvalue weighted by atomic mass is 16.5. The maximum Gasteiger partial charge on any atom is 0.337 e. The molecule has 1 aliphatic rings. The van der Waals surface area contributed by atoms with Gasteiger partial charge >= 0.3 is 5.97 Å². The molecule has 0 bridgehead atoms. The third-order valence-electron chi connectivity index (χ3n) is 3.17. The van der Waals surface area contributed by atoms with Crippen LogP contribution in [0.15, 0.2) is 18.2 Å². The first-order chi connectivity index (χ1) is 8.22. The van der Waals surface area contributed by atoms with E-state index in [2.05, 4.69) is 0 Å². The summed E-state index contributed by atoms with van der Waals surface area (Å²) in [6.07, 6.45) is 1.91. The van der Waals surface area contributed by atoms with Crippen LogP contribution in [0.25, 0.3) is 0 Å². The number of benzene rings is 1. The van der Waals surface area contributed by atoms with Gasteiger partial charge in [-0.1, -0.05) is 0 Å². The molecule has 1 saturated heterocycles. The minimum atomic E-state index is -0.321. The lowest BCUT2D eigenvalue weighted by Crippen LogP contribution is -2.16. The molecule has 0 amide bonds. The summed E-state index contributed by atoms with van der Waals surface area (Å²) in [6, 6.07) is 5.32. The van der Waals surface area contributed by atoms with Gasteiger partial charge in [-0.25, -0.2) is 4.79 Å². The van der Waals surface area contributed by atoms with Crippen LogP contribution in [0.1, 0.15) is 34.7 Å². The van der Waals surface area contributed by atoms with E-state index in [0.717, 1.165) is 37.3 Å². The van der Waals surface area contributed by atoms with E-state index in [1.165, 1.54) is 7.11 Å². The second kappa shape index (κ2) is 5.19. The lowest BCUT2D eigenvalue weighted by atomic mass is 9.89. The highest BCUT2D eigenvalue weighted by Crippen LogP contribution is 2.31. The Morgan fingerprint density at radius 2 is 2.12 bits per heavy atom. The number of hydrogen-bond donors (Lipinski definition) is 1. The minimum absolute atomic E-state index is 0.321. The van der Waals surface area contributed by atoms with Crippen molar-refractivity contribution in [2.24, 2.45) is 0 Å². The van der Waals surface area contributed by atoms with Gasteiger partial charge in [0.15, 0.2) is 0 Å². The fourth-order valence-corrected chi connectivity index (χ4v) is 2.18. The van der Waals surface area contributed by atoms with E-state index in [-0.39, 0.29) is 5.97 Å². The van der Waals surface area contributed by atoms with Gasteiger partial charge in [0.05, 0.1) is 12.7 Å². The number of ether oxygens (including phenoxy) is 2. The number of nitrogen functional groups attached to an aromatic ring is 1. The normalized spacial score (nSPS) is 16.8. The van der Waals surface area contributed by atoms with Crippen LogP contribution < -0.4 is 5.73 Å². The lowest BCUT2D eigenvalue weighted by molar-refractivity contribution is 0.0600. The highest BCUT2D eigenvalue weighted by Gasteiger charge is 2.19. The molecule has 0 unspecified atom stereocenters. The predicted octanol–water partition coefficient (Wildman–Crippen LogP) is 1.95. The van der Waals surface area contributed by atoms with Gasteiger partial charge in [0.25, 0.3) is 0 Å². The van der Waals surface area contributed by atoms with Gasteiger partial charge in [-0.2, -0.15) is 0 Å². The maximum atomic E-state index is 11.5. The molecule has 2 rings (SSSR count). The fraction of sp³-hybridized carbons (Fsp3) is 0.462. The van der Waals surface area contributed by atoms with Crippen molar-refractivity contribution in [3.05, 3.63) is 29.3 Å². The van der Waals surface area contributed by atoms with Gasteiger partial charge in [0, 0.05) is 18.9 Å². The van der Waals surface area contributed by atoms with Crippen LogP contribution in [-0.4, -0.2) is 26.3 Å². The molecule has 92 valence electrons. The molecular weight excluding hydrogens is 218 g/mol. The maximum absolute atomic E-state index is 11.5. The fourth-order valence-electron chi connectivity index (χ4n) is 2.18. The van der Waals surface area contributed by atoms with Crippen LogP contribution in [-0.2, 0) is 9.47 Å². The molecule has 0 atom stereocenters. The Balaban J connectivity index is 2.28. The van der Waals surface area contributed by atoms with Crippen molar-refractivity contribution in [2.75, 3.05) is 26.1 Å². The molecule has 2 N–H and O–H groups in total. The molecule has 1 aliphatic heterocycles. The topological polar surface area (TPSA) is 61.5 Å². The van der Waals surface area contributed by atoms with Crippen molar-refractivity contribution in [2.45, 2.75) is 18.8 Å². The van der Waals surface area contributed by atoms with E-state index in [9.17, 15) is 4.79 Å². The standard InChI is InChI=1S/C13H17NO3/c1-16-13(15)10-2-3-12(14)11(8-10)9-4-6-17-7-5-9/h2-3,8-9H,4-7,14H2,1H3. The first kappa shape index (κ1) is 11.9. The van der Waals surface area contributed by atoms with Crippen molar-refractivity contribution in [1.82, 2.24) is 0 Å². The average molecular weight is 235 g/mol. The Morgan fingerprint density at radius 3 is 2.76 bits per heavy atom. The van der Waals surface area contributed by atoms with Crippen molar-refractivity contribution < 1.29 is 14.3 Å². The zero-order valence-corrected chi connectivity index (χ0v) is 9.94. The summed E-state index contributed by atoms with van der Waals surface area (Å²) in [4.78, 5) is 11.5. The molecule has 1 aromatic carbocycles. The van der Waals surface area contributed by atoms with Crippen LogP contribution >= 0.6 is 0 Å². The number of carbonyl (C=O) groups is 1. The van der Waals surface area contributed by atoms with Gasteiger partial charge in [-0.05, 0) is 42.5 Å². The number of anilines is 1. The third-order valence-corrected chi connectivity index (χ3v) is 3.17. The van der Waals surface area contributed by atoms with E-state index in [1.54, 1.807) is 12.1 Å². The molecule has 0 radical (unpaired) electrons. The van der Waals surface area contributed by atoms with Crippen LogP contribution in [0.4, 0.5) is 5.69 Å². The van der Waals surface area contributed by atoms with E-state index < -0.39 is 0 Å². The summed E-state index contributed by atoms with van der Waals surface area (Å²) in [5.74, 6) is 0.0617. The molecule has 0 saturated carbocycles. The van der Waals surface area contributed by atoms with E-state index in [0.29, 0.717) is 11.5 Å². The van der Waals surface area contributed by atoms with Gasteiger partial charge in [-0.15, -0.1) is 0 Å². The first-order valence-corrected chi connectivity index (χ1v) is 5.78. The number of nitrogens with two attached hydrogens (primary N) is 1. The number of esters is 1. The predicted molar refractivity (Wildman–Crippen MR) is 65.0 cm³/mol. The average Bonchev–Trinajstić information content (AvgIpc) is 2.39. The lowest BCUT2D eigenvalue weighted by Gasteiger charge is -2.23. The third kappa shape index (κ3) is 2.58. The summed E-state index contributed by atoms with van der Waals surface area (Å²) in [6.45, 7) is 1.51. The molecule has 4 heteroatoms. The van der Waals surface area contributed by atoms with Gasteiger partial charge in [0.2, 0.25) is 0 Å². The molecule has 17 heavy (non-hydrogen) atoms. The highest BCUT2D eigenvalue weighted by molar-refractivity contribution is 5.90. The quantitative estimate of drug-likeness (QED) is 0.628. The molecule has 0 aliphatic carbocycles. The van der Waals surface area contributed by atoms with E-state index in [4.69, 9.17) is 15.2 Å². The molecule has 0 spiro atoms. The van der Waals surface area contributed by atoms with Gasteiger partial charge in [0.1, 0.15) is 0 Å². The summed E-state index contributed by atoms with van der Waals surface area (Å²) < 4.78 is 10.0. The smallest absolute Gasteiger partial charge is 0.337 e. The van der Waals surface area contributed by atoms with E-state index in [1.807, 2.05) is 6.07 Å². The van der Waals surface area contributed by atoms with Gasteiger partial charge < -0.3 is 15.2 Å². The minimum Gasteiger partial charge on any atom is -0.465 e. The Bertz CT molecular complexity index is 411. The number of rotatable bonds is 2. The van der Waals surface area contributed by atoms with Crippen LogP contribution in [0.2, 0.25) is 0 Å². The second-order valence-corrected chi connectivity index (χ2v) is 4.22. The van der Waals surface area contributed by atoms with Crippen molar-refractivity contribution in [3.8, 4) is 0 Å². The zero-order valence-electron chi connectivity index (χ0n) is 9.94. The largest absolute Gasteiger partial charge is 0.465 e. The molecule has 1 heterocycles. The van der Waals surface area contributed by atoms with Crippen LogP contribution in [0, 0.1) is 0 Å². The summed E-state index contributed by atoms with van der Waals surface area (Å²) >= 11 is 0. The Morgan fingerprint density at radius 1 is 1.41 bits per heavy atom. The van der Waals surface area contributed by atoms with Crippen LogP contribution in [0.3, 0.4) is 0 Å². The summed E-state index contributed by atoms with van der Waals surface area (Å²) in [5, 5.41) is 0.